The molecule has 31 heavy (non-hydrogen) atoms. The molecule has 1 aliphatic carbocycles. The summed E-state index contributed by atoms with van der Waals surface area (Å²) in [7, 11) is -4.21. The molecule has 1 heterocycles. The van der Waals surface area contributed by atoms with Crippen LogP contribution in [0.1, 0.15) is 60.3 Å². The Hall–Kier alpha value is -2.03. The monoisotopic (exact) mass is 460 g/mol. The van der Waals surface area contributed by atoms with Crippen molar-refractivity contribution in [2.75, 3.05) is 18.0 Å². The molecule has 1 aliphatic rings. The van der Waals surface area contributed by atoms with Gasteiger partial charge in [-0.3, -0.25) is 4.72 Å². The summed E-state index contributed by atoms with van der Waals surface area (Å²) >= 11 is 0. The molecule has 1 unspecified atom stereocenters. The van der Waals surface area contributed by atoms with Gasteiger partial charge < -0.3 is 4.74 Å². The van der Waals surface area contributed by atoms with Gasteiger partial charge in [0.05, 0.1) is 4.91 Å². The van der Waals surface area contributed by atoms with Gasteiger partial charge >= 0.3 is 0 Å². The van der Waals surface area contributed by atoms with Gasteiger partial charge in [-0.25, -0.2) is 17.2 Å². The summed E-state index contributed by atoms with van der Waals surface area (Å²) < 4.78 is 73.5. The fraction of sp³-hybridized carbons (Fsp3) is 0.591. The molecule has 0 bridgehead atoms. The predicted octanol–water partition coefficient (Wildman–Crippen LogP) is 5.91. The van der Waals surface area contributed by atoms with Gasteiger partial charge in [-0.05, 0) is 49.5 Å². The van der Waals surface area contributed by atoms with Crippen LogP contribution in [0.4, 0.5) is 19.0 Å². The molecule has 0 fully saturated rings. The van der Waals surface area contributed by atoms with E-state index in [2.05, 4.69) is 30.5 Å². The van der Waals surface area contributed by atoms with Gasteiger partial charge in [0, 0.05) is 6.07 Å². The van der Waals surface area contributed by atoms with E-state index in [1.807, 2.05) is 6.92 Å². The van der Waals surface area contributed by atoms with Gasteiger partial charge in [0.1, 0.15) is 13.3 Å². The number of nitrogens with one attached hydrogen (secondary N) is 1. The van der Waals surface area contributed by atoms with Crippen molar-refractivity contribution in [2.24, 2.45) is 11.3 Å². The third-order valence-electron chi connectivity index (χ3n) is 5.63. The van der Waals surface area contributed by atoms with Crippen LogP contribution in [0.5, 0.6) is 5.75 Å². The number of pyridine rings is 1. The molecule has 2 rings (SSSR count). The zero-order chi connectivity index (χ0) is 23.4. The smallest absolute Gasteiger partial charge is 0.263 e. The van der Waals surface area contributed by atoms with E-state index in [1.165, 1.54) is 6.08 Å². The summed E-state index contributed by atoms with van der Waals surface area (Å²) in [6, 6.07) is 0.649. The van der Waals surface area contributed by atoms with Crippen LogP contribution in [0, 0.1) is 23.1 Å². The van der Waals surface area contributed by atoms with E-state index in [-0.39, 0.29) is 10.3 Å². The number of hydrogen-bond acceptors (Lipinski definition) is 4. The number of sulfonamides is 1. The van der Waals surface area contributed by atoms with E-state index >= 15 is 0 Å². The average Bonchev–Trinajstić information content (AvgIpc) is 2.69. The summed E-state index contributed by atoms with van der Waals surface area (Å²) in [5.41, 5.74) is 1.89. The third-order valence-corrected chi connectivity index (χ3v) is 7.15. The van der Waals surface area contributed by atoms with Gasteiger partial charge in [0.25, 0.3) is 16.0 Å². The number of allylic oxidation sites excluding steroid dienone is 3. The van der Waals surface area contributed by atoms with Gasteiger partial charge in [0.15, 0.2) is 17.4 Å². The molecule has 0 amide bonds. The lowest BCUT2D eigenvalue weighted by Crippen LogP contribution is -2.26. The van der Waals surface area contributed by atoms with E-state index < -0.39 is 46.6 Å². The maximum absolute atomic E-state index is 14.4. The van der Waals surface area contributed by atoms with Crippen molar-refractivity contribution in [3.63, 3.8) is 0 Å². The molecule has 0 saturated carbocycles. The summed E-state index contributed by atoms with van der Waals surface area (Å²) in [4.78, 5) is 3.39. The minimum absolute atomic E-state index is 0.0519. The van der Waals surface area contributed by atoms with Gasteiger partial charge in [0.2, 0.25) is 0 Å². The van der Waals surface area contributed by atoms with Crippen molar-refractivity contribution in [2.45, 2.75) is 60.3 Å². The first-order chi connectivity index (χ1) is 14.4. The Morgan fingerprint density at radius 1 is 1.35 bits per heavy atom. The van der Waals surface area contributed by atoms with Crippen molar-refractivity contribution < 1.29 is 26.3 Å². The second kappa shape index (κ2) is 10.1. The molecule has 1 N–H and O–H groups in total. The molecule has 0 spiro atoms. The highest BCUT2D eigenvalue weighted by atomic mass is 32.2. The molecule has 1 aromatic rings. The molecule has 174 valence electrons. The molecule has 0 saturated heterocycles. The molecule has 0 aliphatic heterocycles. The van der Waals surface area contributed by atoms with Gasteiger partial charge in [-0.15, -0.1) is 0 Å². The second-order valence-corrected chi connectivity index (χ2v) is 10.3. The van der Waals surface area contributed by atoms with Crippen LogP contribution in [-0.2, 0) is 10.0 Å². The Bertz CT molecular complexity index is 967. The van der Waals surface area contributed by atoms with E-state index in [9.17, 15) is 21.6 Å². The SMILES string of the molecule is C/C=C(\C1=C(CC)CC(C(C)(C)C)CC1)S(=O)(=O)Nc1nc(F)c(OCCF)cc1F. The Labute approximate surface area is 182 Å². The Morgan fingerprint density at radius 3 is 2.58 bits per heavy atom. The number of rotatable bonds is 8. The van der Waals surface area contributed by atoms with Crippen molar-refractivity contribution >= 4 is 15.8 Å². The van der Waals surface area contributed by atoms with Gasteiger partial charge in [-0.1, -0.05) is 39.3 Å². The number of aromatic nitrogens is 1. The largest absolute Gasteiger partial charge is 0.486 e. The maximum Gasteiger partial charge on any atom is 0.263 e. The summed E-state index contributed by atoms with van der Waals surface area (Å²) in [5.74, 6) is -3.26. The number of nitrogens with zero attached hydrogens (tertiary/aromatic N) is 1. The number of hydrogen-bond donors (Lipinski definition) is 1. The number of ether oxygens (including phenoxy) is 1. The molecule has 0 aromatic carbocycles. The number of alkyl halides is 1. The minimum atomic E-state index is -4.21. The first kappa shape index (κ1) is 25.2. The summed E-state index contributed by atoms with van der Waals surface area (Å²) in [6.07, 6.45) is 4.40. The third kappa shape index (κ3) is 6.02. The zero-order valence-corrected chi connectivity index (χ0v) is 19.5. The van der Waals surface area contributed by atoms with E-state index in [1.54, 1.807) is 6.92 Å². The van der Waals surface area contributed by atoms with Crippen molar-refractivity contribution in [3.8, 4) is 5.75 Å². The Kier molecular flexibility index (Phi) is 8.19. The normalized spacial score (nSPS) is 18.3. The van der Waals surface area contributed by atoms with Crippen LogP contribution < -0.4 is 9.46 Å². The lowest BCUT2D eigenvalue weighted by molar-refractivity contribution is 0.215. The highest BCUT2D eigenvalue weighted by Crippen LogP contribution is 2.44. The first-order valence-corrected chi connectivity index (χ1v) is 11.9. The zero-order valence-electron chi connectivity index (χ0n) is 18.7. The lowest BCUT2D eigenvalue weighted by Gasteiger charge is -2.36. The second-order valence-electron chi connectivity index (χ2n) is 8.65. The molecule has 1 atom stereocenters. The average molecular weight is 461 g/mol. The van der Waals surface area contributed by atoms with Crippen LogP contribution in [0.15, 0.2) is 28.2 Å². The fourth-order valence-corrected chi connectivity index (χ4v) is 5.25. The number of halogens is 3. The van der Waals surface area contributed by atoms with Crippen LogP contribution >= 0.6 is 0 Å². The molecule has 0 radical (unpaired) electrons. The quantitative estimate of drug-likeness (QED) is 0.490. The van der Waals surface area contributed by atoms with Crippen LogP contribution in [-0.4, -0.2) is 26.7 Å². The minimum Gasteiger partial charge on any atom is -0.486 e. The van der Waals surface area contributed by atoms with Crippen LogP contribution in [0.2, 0.25) is 0 Å². The standard InChI is InChI=1S/C22H31F3N2O3S/c1-6-14-12-15(22(3,4)5)8-9-16(14)19(7-2)31(28,29)27-21-17(24)13-18(20(25)26-21)30-11-10-23/h7,13,15H,6,8-12H2,1-5H3,(H,26,27)/b19-7+. The highest BCUT2D eigenvalue weighted by molar-refractivity contribution is 7.96. The van der Waals surface area contributed by atoms with E-state index in [0.717, 1.165) is 24.0 Å². The van der Waals surface area contributed by atoms with E-state index in [0.29, 0.717) is 24.8 Å². The summed E-state index contributed by atoms with van der Waals surface area (Å²) in [6.45, 7) is 8.77. The summed E-state index contributed by atoms with van der Waals surface area (Å²) in [5, 5.41) is 0. The molecule has 9 heteroatoms. The van der Waals surface area contributed by atoms with Crippen molar-refractivity contribution in [1.29, 1.82) is 0 Å². The Balaban J connectivity index is 2.36. The fourth-order valence-electron chi connectivity index (χ4n) is 3.86. The van der Waals surface area contributed by atoms with Crippen molar-refractivity contribution in [1.82, 2.24) is 4.98 Å². The predicted molar refractivity (Wildman–Crippen MR) is 116 cm³/mol. The van der Waals surface area contributed by atoms with E-state index in [4.69, 9.17) is 4.74 Å². The molecular weight excluding hydrogens is 429 g/mol. The van der Waals surface area contributed by atoms with Crippen LogP contribution in [0.3, 0.4) is 0 Å². The topological polar surface area (TPSA) is 68.3 Å². The molecular formula is C22H31F3N2O3S. The lowest BCUT2D eigenvalue weighted by atomic mass is 9.70. The molecule has 5 nitrogen and oxygen atoms in total. The maximum atomic E-state index is 14.4. The van der Waals surface area contributed by atoms with Gasteiger partial charge in [-0.2, -0.15) is 9.37 Å². The first-order valence-electron chi connectivity index (χ1n) is 10.4. The van der Waals surface area contributed by atoms with Crippen molar-refractivity contribution in [3.05, 3.63) is 40.0 Å². The van der Waals surface area contributed by atoms with Crippen LogP contribution in [0.25, 0.3) is 0 Å². The Morgan fingerprint density at radius 2 is 2.03 bits per heavy atom. The molecule has 1 aromatic heterocycles. The highest BCUT2D eigenvalue weighted by Gasteiger charge is 2.33. The number of anilines is 1.